The van der Waals surface area contributed by atoms with Crippen LogP contribution in [0.1, 0.15) is 34.8 Å². The molecule has 4 aromatic rings. The van der Waals surface area contributed by atoms with E-state index in [0.717, 1.165) is 16.7 Å². The second-order valence-electron chi connectivity index (χ2n) is 9.64. The van der Waals surface area contributed by atoms with Gasteiger partial charge in [-0.25, -0.2) is 13.6 Å². The Morgan fingerprint density at radius 2 is 1.65 bits per heavy atom. The number of nitrogens with zero attached hydrogens (tertiary/aromatic N) is 2. The lowest BCUT2D eigenvalue weighted by molar-refractivity contribution is -0.139. The summed E-state index contributed by atoms with van der Waals surface area (Å²) in [5.41, 5.74) is 1.57. The number of hydrogen-bond donors (Lipinski definition) is 2. The summed E-state index contributed by atoms with van der Waals surface area (Å²) in [4.78, 5) is 38.3. The molecule has 0 unspecified atom stereocenters. The summed E-state index contributed by atoms with van der Waals surface area (Å²) in [7, 11) is 0. The maximum atomic E-state index is 15.7. The smallest absolute Gasteiger partial charge is 0.416 e. The molecule has 3 N–H and O–H groups in total. The molecule has 0 saturated carbocycles. The highest BCUT2D eigenvalue weighted by molar-refractivity contribution is 5.68. The molecular weight excluding hydrogens is 577 g/mol. The molecule has 0 amide bonds. The summed E-state index contributed by atoms with van der Waals surface area (Å²) < 4.78 is 78.6. The number of carboxylic acids is 1. The minimum Gasteiger partial charge on any atom is -0.490 e. The van der Waals surface area contributed by atoms with E-state index in [9.17, 15) is 31.9 Å². The molecule has 0 aliphatic rings. The first kappa shape index (κ1) is 31.2. The Morgan fingerprint density at radius 3 is 2.30 bits per heavy atom. The third kappa shape index (κ3) is 6.67. The predicted octanol–water partition coefficient (Wildman–Crippen LogP) is 4.88. The quantitative estimate of drug-likeness (QED) is 0.250. The van der Waals surface area contributed by atoms with Crippen LogP contribution in [0, 0.1) is 18.6 Å². The number of aromatic nitrogens is 2. The molecule has 1 aromatic heterocycles. The summed E-state index contributed by atoms with van der Waals surface area (Å²) in [5, 5.41) is 8.86. The van der Waals surface area contributed by atoms with E-state index in [4.69, 9.17) is 15.6 Å². The summed E-state index contributed by atoms with van der Waals surface area (Å²) in [6.45, 7) is -0.534. The Balaban J connectivity index is 1.95. The highest BCUT2D eigenvalue weighted by Crippen LogP contribution is 2.34. The van der Waals surface area contributed by atoms with Crippen molar-refractivity contribution in [1.29, 1.82) is 0 Å². The standard InChI is InChI=1S/C30H26F5N3O5/c1-17-26(19-9-5-12-24(27(19)32)43-14-13-25(39)40)28(41)38(16-23(36)18-7-3-2-4-8-18)29(42)37(17)15-20-21(30(33,34)35)10-6-11-22(20)31/h2-12,23H,13-16,36H2,1H3,(H,39,40)/t23-/m0/s1. The number of ether oxygens (including phenoxy) is 1. The summed E-state index contributed by atoms with van der Waals surface area (Å²) in [6.07, 6.45) is -5.41. The predicted molar refractivity (Wildman–Crippen MR) is 147 cm³/mol. The molecule has 0 aliphatic heterocycles. The van der Waals surface area contributed by atoms with Gasteiger partial charge in [0, 0.05) is 22.9 Å². The van der Waals surface area contributed by atoms with Crippen LogP contribution in [-0.4, -0.2) is 26.8 Å². The van der Waals surface area contributed by atoms with Crippen LogP contribution in [0.4, 0.5) is 22.0 Å². The maximum absolute atomic E-state index is 15.7. The minimum atomic E-state index is -4.96. The van der Waals surface area contributed by atoms with Crippen LogP contribution >= 0.6 is 0 Å². The molecule has 0 fully saturated rings. The maximum Gasteiger partial charge on any atom is 0.416 e. The monoisotopic (exact) mass is 603 g/mol. The summed E-state index contributed by atoms with van der Waals surface area (Å²) in [6, 6.07) is 13.5. The SMILES string of the molecule is Cc1c(-c2cccc(OCCC(=O)O)c2F)c(=O)n(C[C@H](N)c2ccccc2)c(=O)n1Cc1c(F)cccc1C(F)(F)F. The van der Waals surface area contributed by atoms with E-state index in [2.05, 4.69) is 0 Å². The highest BCUT2D eigenvalue weighted by Gasteiger charge is 2.35. The molecular formula is C30H26F5N3O5. The van der Waals surface area contributed by atoms with Gasteiger partial charge in [-0.05, 0) is 30.7 Å². The number of aliphatic carboxylic acids is 1. The fourth-order valence-corrected chi connectivity index (χ4v) is 4.67. The average molecular weight is 604 g/mol. The molecule has 1 heterocycles. The molecule has 1 atom stereocenters. The zero-order valence-electron chi connectivity index (χ0n) is 22.7. The third-order valence-corrected chi connectivity index (χ3v) is 6.84. The van der Waals surface area contributed by atoms with Gasteiger partial charge in [0.05, 0.1) is 37.2 Å². The van der Waals surface area contributed by atoms with Crippen LogP contribution in [0.3, 0.4) is 0 Å². The third-order valence-electron chi connectivity index (χ3n) is 6.84. The lowest BCUT2D eigenvalue weighted by Crippen LogP contribution is -2.44. The molecule has 3 aromatic carbocycles. The Labute approximate surface area is 241 Å². The zero-order valence-corrected chi connectivity index (χ0v) is 22.7. The van der Waals surface area contributed by atoms with Crippen LogP contribution in [-0.2, 0) is 24.1 Å². The van der Waals surface area contributed by atoms with Gasteiger partial charge in [-0.1, -0.05) is 48.5 Å². The minimum absolute atomic E-state index is 0.238. The number of alkyl halides is 3. The van der Waals surface area contributed by atoms with Crippen molar-refractivity contribution < 1.29 is 36.6 Å². The van der Waals surface area contributed by atoms with Crippen LogP contribution in [0.5, 0.6) is 5.75 Å². The highest BCUT2D eigenvalue weighted by atomic mass is 19.4. The Hall–Kier alpha value is -4.78. The Morgan fingerprint density at radius 1 is 0.977 bits per heavy atom. The molecule has 43 heavy (non-hydrogen) atoms. The van der Waals surface area contributed by atoms with Crippen molar-refractivity contribution in [3.05, 3.63) is 122 Å². The molecule has 8 nitrogen and oxygen atoms in total. The van der Waals surface area contributed by atoms with E-state index in [-0.39, 0.29) is 11.3 Å². The van der Waals surface area contributed by atoms with E-state index in [0.29, 0.717) is 16.2 Å². The summed E-state index contributed by atoms with van der Waals surface area (Å²) >= 11 is 0. The van der Waals surface area contributed by atoms with Crippen LogP contribution in [0.15, 0.2) is 76.3 Å². The molecule has 0 aliphatic carbocycles. The van der Waals surface area contributed by atoms with Gasteiger partial charge in [-0.2, -0.15) is 13.2 Å². The van der Waals surface area contributed by atoms with Gasteiger partial charge < -0.3 is 15.6 Å². The number of carbonyl (C=O) groups is 1. The van der Waals surface area contributed by atoms with Crippen LogP contribution in [0.2, 0.25) is 0 Å². The Kier molecular flexibility index (Phi) is 9.14. The first-order chi connectivity index (χ1) is 20.3. The van der Waals surface area contributed by atoms with Crippen molar-refractivity contribution in [1.82, 2.24) is 9.13 Å². The van der Waals surface area contributed by atoms with E-state index >= 15 is 4.39 Å². The zero-order chi connectivity index (χ0) is 31.5. The molecule has 0 saturated heterocycles. The molecule has 0 spiro atoms. The van der Waals surface area contributed by atoms with E-state index < -0.39 is 89.6 Å². The van der Waals surface area contributed by atoms with Gasteiger partial charge in [0.25, 0.3) is 5.56 Å². The molecule has 0 radical (unpaired) electrons. The lowest BCUT2D eigenvalue weighted by Gasteiger charge is -2.21. The topological polar surface area (TPSA) is 117 Å². The van der Waals surface area contributed by atoms with Gasteiger partial charge in [-0.15, -0.1) is 0 Å². The normalized spacial score (nSPS) is 12.3. The fourth-order valence-electron chi connectivity index (χ4n) is 4.67. The van der Waals surface area contributed by atoms with Crippen molar-refractivity contribution in [2.24, 2.45) is 5.73 Å². The number of rotatable bonds is 10. The molecule has 13 heteroatoms. The van der Waals surface area contributed by atoms with Crippen molar-refractivity contribution in [3.63, 3.8) is 0 Å². The van der Waals surface area contributed by atoms with Crippen LogP contribution in [0.25, 0.3) is 11.1 Å². The van der Waals surface area contributed by atoms with Crippen LogP contribution < -0.4 is 21.7 Å². The summed E-state index contributed by atoms with van der Waals surface area (Å²) in [5.74, 6) is -3.89. The van der Waals surface area contributed by atoms with Crippen molar-refractivity contribution in [3.8, 4) is 16.9 Å². The van der Waals surface area contributed by atoms with E-state index in [1.54, 1.807) is 30.3 Å². The van der Waals surface area contributed by atoms with Gasteiger partial charge in [0.2, 0.25) is 0 Å². The van der Waals surface area contributed by atoms with E-state index in [1.165, 1.54) is 25.1 Å². The van der Waals surface area contributed by atoms with Gasteiger partial charge in [-0.3, -0.25) is 18.7 Å². The van der Waals surface area contributed by atoms with Crippen molar-refractivity contribution in [2.45, 2.75) is 38.7 Å². The van der Waals surface area contributed by atoms with Gasteiger partial charge in [0.1, 0.15) is 5.82 Å². The lowest BCUT2D eigenvalue weighted by atomic mass is 10.0. The number of hydrogen-bond acceptors (Lipinski definition) is 5. The first-order valence-electron chi connectivity index (χ1n) is 12.9. The fraction of sp³-hybridized carbons (Fsp3) is 0.233. The van der Waals surface area contributed by atoms with Gasteiger partial charge >= 0.3 is 17.8 Å². The molecule has 226 valence electrons. The Bertz CT molecular complexity index is 1770. The number of benzene rings is 3. The average Bonchev–Trinajstić information content (AvgIpc) is 2.95. The first-order valence-corrected chi connectivity index (χ1v) is 12.9. The van der Waals surface area contributed by atoms with Crippen molar-refractivity contribution in [2.75, 3.05) is 6.61 Å². The second kappa shape index (κ2) is 12.6. The molecule has 4 rings (SSSR count). The number of nitrogens with two attached hydrogens (primary N) is 1. The number of carboxylic acid groups (broad SMARTS) is 1. The van der Waals surface area contributed by atoms with E-state index in [1.807, 2.05) is 0 Å². The second-order valence-corrected chi connectivity index (χ2v) is 9.64. The van der Waals surface area contributed by atoms with Gasteiger partial charge in [0.15, 0.2) is 11.6 Å². The van der Waals surface area contributed by atoms with Crippen molar-refractivity contribution >= 4 is 5.97 Å². The molecule has 0 bridgehead atoms. The largest absolute Gasteiger partial charge is 0.490 e. The number of halogens is 5.